The summed E-state index contributed by atoms with van der Waals surface area (Å²) in [5.74, 6) is -0.242. The Labute approximate surface area is 174 Å². The number of aryl methyl sites for hydroxylation is 1. The number of fused-ring (bicyclic) bond motifs is 1. The van der Waals surface area contributed by atoms with Gasteiger partial charge in [0.2, 0.25) is 0 Å². The Morgan fingerprint density at radius 2 is 2.00 bits per heavy atom. The summed E-state index contributed by atoms with van der Waals surface area (Å²) in [4.78, 5) is 42.1. The molecule has 3 aromatic heterocycles. The molecule has 2 N–H and O–H groups in total. The maximum absolute atomic E-state index is 12.1. The Bertz CT molecular complexity index is 1200. The third kappa shape index (κ3) is 3.86. The minimum atomic E-state index is -0.242. The Balaban J connectivity index is 1.46. The van der Waals surface area contributed by atoms with Crippen molar-refractivity contribution >= 4 is 22.5 Å². The van der Waals surface area contributed by atoms with E-state index in [2.05, 4.69) is 36.2 Å². The minimum Gasteiger partial charge on any atom is -0.354 e. The van der Waals surface area contributed by atoms with Crippen molar-refractivity contribution in [1.29, 1.82) is 0 Å². The summed E-state index contributed by atoms with van der Waals surface area (Å²) >= 11 is 0. The number of hydrogen-bond donors (Lipinski definition) is 2. The molecule has 0 saturated carbocycles. The van der Waals surface area contributed by atoms with Crippen molar-refractivity contribution in [1.82, 2.24) is 30.2 Å². The molecule has 0 saturated heterocycles. The number of aromatic nitrogens is 4. The van der Waals surface area contributed by atoms with E-state index in [-0.39, 0.29) is 11.5 Å². The van der Waals surface area contributed by atoms with Crippen LogP contribution in [0.15, 0.2) is 35.5 Å². The number of carbonyl (C=O) groups is 1. The molecule has 1 amide bonds. The number of amides is 1. The number of H-pyrrole nitrogens is 1. The van der Waals surface area contributed by atoms with E-state index in [1.54, 1.807) is 13.2 Å². The second-order valence-corrected chi connectivity index (χ2v) is 7.52. The van der Waals surface area contributed by atoms with Crippen LogP contribution in [0.3, 0.4) is 0 Å². The van der Waals surface area contributed by atoms with Crippen molar-refractivity contribution < 1.29 is 4.79 Å². The van der Waals surface area contributed by atoms with Gasteiger partial charge in [-0.15, -0.1) is 0 Å². The molecule has 0 bridgehead atoms. The van der Waals surface area contributed by atoms with Crippen molar-refractivity contribution in [3.8, 4) is 0 Å². The van der Waals surface area contributed by atoms with Crippen LogP contribution in [-0.2, 0) is 6.54 Å². The maximum Gasteiger partial charge on any atom is 0.271 e. The molecule has 0 atom stereocenters. The van der Waals surface area contributed by atoms with Crippen LogP contribution in [0, 0.1) is 13.8 Å². The largest absolute Gasteiger partial charge is 0.354 e. The molecule has 4 rings (SSSR count). The summed E-state index contributed by atoms with van der Waals surface area (Å²) in [5, 5.41) is 2.54. The number of carbonyl (C=O) groups excluding carboxylic acids is 1. The van der Waals surface area contributed by atoms with Gasteiger partial charge in [0.1, 0.15) is 5.69 Å². The van der Waals surface area contributed by atoms with Crippen LogP contribution >= 0.6 is 0 Å². The van der Waals surface area contributed by atoms with Gasteiger partial charge in [0.05, 0.1) is 29.1 Å². The predicted octanol–water partition coefficient (Wildman–Crippen LogP) is 1.98. The Hall–Kier alpha value is -3.39. The molecule has 0 aromatic carbocycles. The highest BCUT2D eigenvalue weighted by atomic mass is 16.1. The van der Waals surface area contributed by atoms with Gasteiger partial charge in [0.25, 0.3) is 11.5 Å². The Kier molecular flexibility index (Phi) is 5.41. The first kappa shape index (κ1) is 19.9. The van der Waals surface area contributed by atoms with Crippen LogP contribution in [0.2, 0.25) is 0 Å². The zero-order valence-corrected chi connectivity index (χ0v) is 17.3. The lowest BCUT2D eigenvalue weighted by Gasteiger charge is -2.26. The average molecular weight is 404 g/mol. The summed E-state index contributed by atoms with van der Waals surface area (Å²) in [6.45, 7) is 6.17. The molecular weight excluding hydrogens is 380 g/mol. The molecule has 8 nitrogen and oxygen atoms in total. The molecule has 154 valence electrons. The number of pyridine rings is 2. The van der Waals surface area contributed by atoms with Crippen LogP contribution in [0.5, 0.6) is 0 Å². The van der Waals surface area contributed by atoms with E-state index < -0.39 is 0 Å². The average Bonchev–Trinajstić information content (AvgIpc) is 2.77. The lowest BCUT2D eigenvalue weighted by atomic mass is 10.0. The highest BCUT2D eigenvalue weighted by Gasteiger charge is 2.16. The molecular formula is C22H24N6O2. The lowest BCUT2D eigenvalue weighted by molar-refractivity contribution is 0.0957. The molecule has 1 aliphatic heterocycles. The van der Waals surface area contributed by atoms with Crippen LogP contribution in [-0.4, -0.2) is 50.9 Å². The number of nitrogens with one attached hydrogen (secondary N) is 2. The van der Waals surface area contributed by atoms with Gasteiger partial charge < -0.3 is 10.3 Å². The van der Waals surface area contributed by atoms with Crippen molar-refractivity contribution in [3.05, 3.63) is 69.2 Å². The first-order valence-corrected chi connectivity index (χ1v) is 9.90. The van der Waals surface area contributed by atoms with Crippen LogP contribution in [0.25, 0.3) is 16.6 Å². The fourth-order valence-electron chi connectivity index (χ4n) is 3.64. The fraction of sp³-hybridized carbons (Fsp3) is 0.318. The van der Waals surface area contributed by atoms with Gasteiger partial charge in [-0.2, -0.15) is 0 Å². The number of hydrogen-bond acceptors (Lipinski definition) is 6. The van der Waals surface area contributed by atoms with Crippen molar-refractivity contribution in [2.24, 2.45) is 0 Å². The van der Waals surface area contributed by atoms with Gasteiger partial charge in [0.15, 0.2) is 0 Å². The normalized spacial score (nSPS) is 14.6. The number of nitrogens with zero attached hydrogens (tertiary/aromatic N) is 4. The van der Waals surface area contributed by atoms with Crippen molar-refractivity contribution in [3.63, 3.8) is 0 Å². The standard InChI is InChI=1S/C22H24N6O2/c1-13-14(2)21(29)27-17-8-15(9-26-20(13)17)12-28-6-4-16(5-7-28)18-10-25-19(11-24-18)22(30)23-3/h4,8-11H,5-7,12H2,1-3H3,(H,23,30)(H,27,29). The Morgan fingerprint density at radius 3 is 2.67 bits per heavy atom. The summed E-state index contributed by atoms with van der Waals surface area (Å²) < 4.78 is 0. The fourth-order valence-corrected chi connectivity index (χ4v) is 3.64. The third-order valence-corrected chi connectivity index (χ3v) is 5.59. The molecule has 0 radical (unpaired) electrons. The second-order valence-electron chi connectivity index (χ2n) is 7.52. The second kappa shape index (κ2) is 8.16. The summed E-state index contributed by atoms with van der Waals surface area (Å²) in [6.07, 6.45) is 8.04. The summed E-state index contributed by atoms with van der Waals surface area (Å²) in [7, 11) is 1.57. The van der Waals surface area contributed by atoms with Gasteiger partial charge in [-0.25, -0.2) is 4.98 Å². The molecule has 8 heteroatoms. The highest BCUT2D eigenvalue weighted by molar-refractivity contribution is 5.91. The van der Waals surface area contributed by atoms with Crippen molar-refractivity contribution in [2.45, 2.75) is 26.8 Å². The van der Waals surface area contributed by atoms with E-state index >= 15 is 0 Å². The lowest BCUT2D eigenvalue weighted by Crippen LogP contribution is -2.28. The highest BCUT2D eigenvalue weighted by Crippen LogP contribution is 2.22. The van der Waals surface area contributed by atoms with Crippen molar-refractivity contribution in [2.75, 3.05) is 20.1 Å². The smallest absolute Gasteiger partial charge is 0.271 e. The first-order chi connectivity index (χ1) is 14.5. The molecule has 4 heterocycles. The monoisotopic (exact) mass is 404 g/mol. The summed E-state index contributed by atoms with van der Waals surface area (Å²) in [5.41, 5.74) is 6.51. The molecule has 0 spiro atoms. The van der Waals surface area contributed by atoms with Crippen LogP contribution in [0.1, 0.15) is 39.3 Å². The van der Waals surface area contributed by atoms with Gasteiger partial charge in [0, 0.05) is 38.4 Å². The van der Waals surface area contributed by atoms with Crippen LogP contribution < -0.4 is 10.9 Å². The van der Waals surface area contributed by atoms with Gasteiger partial charge in [-0.05, 0) is 43.0 Å². The predicted molar refractivity (Wildman–Crippen MR) is 115 cm³/mol. The molecule has 30 heavy (non-hydrogen) atoms. The maximum atomic E-state index is 12.1. The van der Waals surface area contributed by atoms with E-state index in [1.807, 2.05) is 26.1 Å². The molecule has 0 unspecified atom stereocenters. The van der Waals surface area contributed by atoms with E-state index in [0.717, 1.165) is 59.5 Å². The van der Waals surface area contributed by atoms with Gasteiger partial charge in [-0.3, -0.25) is 24.5 Å². The molecule has 0 fully saturated rings. The summed E-state index contributed by atoms with van der Waals surface area (Å²) in [6, 6.07) is 2.01. The van der Waals surface area contributed by atoms with Crippen LogP contribution in [0.4, 0.5) is 0 Å². The van der Waals surface area contributed by atoms with Gasteiger partial charge >= 0.3 is 0 Å². The number of rotatable bonds is 4. The van der Waals surface area contributed by atoms with E-state index in [4.69, 9.17) is 0 Å². The third-order valence-electron chi connectivity index (χ3n) is 5.59. The molecule has 0 aliphatic carbocycles. The number of aromatic amines is 1. The quantitative estimate of drug-likeness (QED) is 0.689. The minimum absolute atomic E-state index is 0.0620. The topological polar surface area (TPSA) is 104 Å². The van der Waals surface area contributed by atoms with E-state index in [1.165, 1.54) is 6.20 Å². The molecule has 3 aromatic rings. The SMILES string of the molecule is CNC(=O)c1cnc(C2=CCN(Cc3cnc4c(C)c(C)c(=O)[nH]c4c3)CC2)cn1. The van der Waals surface area contributed by atoms with Gasteiger partial charge in [-0.1, -0.05) is 6.08 Å². The Morgan fingerprint density at radius 1 is 1.17 bits per heavy atom. The van der Waals surface area contributed by atoms with E-state index in [9.17, 15) is 9.59 Å². The zero-order chi connectivity index (χ0) is 21.3. The zero-order valence-electron chi connectivity index (χ0n) is 17.3. The van der Waals surface area contributed by atoms with E-state index in [0.29, 0.717) is 11.3 Å². The first-order valence-electron chi connectivity index (χ1n) is 9.90. The molecule has 1 aliphatic rings.